The highest BCUT2D eigenvalue weighted by molar-refractivity contribution is 6.31. The van der Waals surface area contributed by atoms with Crippen molar-refractivity contribution in [3.63, 3.8) is 0 Å². The van der Waals surface area contributed by atoms with Crippen molar-refractivity contribution in [1.29, 1.82) is 5.26 Å². The average molecular weight is 330 g/mol. The second-order valence-electron chi connectivity index (χ2n) is 7.14. The number of halogens is 1. The SMILES string of the molecule is N#CC1=CC(C2CCC(O)CC2)CC(Cc2ccccc2Cl)C1. The first-order valence-electron chi connectivity index (χ1n) is 8.68. The van der Waals surface area contributed by atoms with E-state index in [2.05, 4.69) is 18.2 Å². The van der Waals surface area contributed by atoms with E-state index in [1.807, 2.05) is 18.2 Å². The Hall–Kier alpha value is -1.30. The zero-order valence-electron chi connectivity index (χ0n) is 13.4. The largest absolute Gasteiger partial charge is 0.393 e. The number of aliphatic hydroxyl groups excluding tert-OH is 1. The highest BCUT2D eigenvalue weighted by atomic mass is 35.5. The van der Waals surface area contributed by atoms with Gasteiger partial charge < -0.3 is 5.11 Å². The van der Waals surface area contributed by atoms with Crippen LogP contribution in [0.1, 0.15) is 44.1 Å². The molecule has 0 spiro atoms. The van der Waals surface area contributed by atoms with Gasteiger partial charge in [-0.3, -0.25) is 0 Å². The quantitative estimate of drug-likeness (QED) is 0.856. The molecule has 0 saturated heterocycles. The maximum Gasteiger partial charge on any atom is 0.0943 e. The molecule has 1 aromatic carbocycles. The van der Waals surface area contributed by atoms with Crippen LogP contribution in [0.15, 0.2) is 35.9 Å². The van der Waals surface area contributed by atoms with E-state index in [-0.39, 0.29) is 6.10 Å². The summed E-state index contributed by atoms with van der Waals surface area (Å²) in [6.07, 6.45) is 9.03. The minimum absolute atomic E-state index is 0.117. The van der Waals surface area contributed by atoms with Crippen molar-refractivity contribution < 1.29 is 5.11 Å². The van der Waals surface area contributed by atoms with Gasteiger partial charge in [0.2, 0.25) is 0 Å². The molecule has 0 heterocycles. The molecule has 0 bridgehead atoms. The summed E-state index contributed by atoms with van der Waals surface area (Å²) >= 11 is 6.31. The zero-order valence-corrected chi connectivity index (χ0v) is 14.2. The third-order valence-electron chi connectivity index (χ3n) is 5.49. The summed E-state index contributed by atoms with van der Waals surface area (Å²) in [5, 5.41) is 20.0. The second kappa shape index (κ2) is 7.51. The Morgan fingerprint density at radius 3 is 2.61 bits per heavy atom. The average Bonchev–Trinajstić information content (AvgIpc) is 2.57. The predicted octanol–water partition coefficient (Wildman–Crippen LogP) is 4.91. The lowest BCUT2D eigenvalue weighted by Crippen LogP contribution is -2.27. The number of rotatable bonds is 3. The van der Waals surface area contributed by atoms with Crippen LogP contribution in [-0.4, -0.2) is 11.2 Å². The lowest BCUT2D eigenvalue weighted by atomic mass is 9.70. The van der Waals surface area contributed by atoms with Crippen LogP contribution in [0.5, 0.6) is 0 Å². The van der Waals surface area contributed by atoms with E-state index in [1.54, 1.807) is 0 Å². The molecule has 1 N–H and O–H groups in total. The van der Waals surface area contributed by atoms with E-state index in [4.69, 9.17) is 11.6 Å². The first kappa shape index (κ1) is 16.6. The van der Waals surface area contributed by atoms with Gasteiger partial charge in [-0.2, -0.15) is 5.26 Å². The summed E-state index contributed by atoms with van der Waals surface area (Å²) in [6, 6.07) is 10.4. The fourth-order valence-corrected chi connectivity index (χ4v) is 4.46. The molecule has 2 unspecified atom stereocenters. The van der Waals surface area contributed by atoms with Crippen molar-refractivity contribution >= 4 is 11.6 Å². The molecule has 1 fully saturated rings. The highest BCUT2D eigenvalue weighted by Gasteiger charge is 2.31. The molecular formula is C20H24ClNO. The van der Waals surface area contributed by atoms with Gasteiger partial charge in [0.25, 0.3) is 0 Å². The van der Waals surface area contributed by atoms with Crippen molar-refractivity contribution in [1.82, 2.24) is 0 Å². The van der Waals surface area contributed by atoms with Gasteiger partial charge in [-0.25, -0.2) is 0 Å². The molecule has 122 valence electrons. The minimum atomic E-state index is -0.117. The van der Waals surface area contributed by atoms with Crippen LogP contribution < -0.4 is 0 Å². The van der Waals surface area contributed by atoms with Crippen LogP contribution in [-0.2, 0) is 6.42 Å². The van der Waals surface area contributed by atoms with Gasteiger partial charge in [-0.1, -0.05) is 35.9 Å². The third-order valence-corrected chi connectivity index (χ3v) is 5.85. The lowest BCUT2D eigenvalue weighted by molar-refractivity contribution is 0.0923. The number of hydrogen-bond donors (Lipinski definition) is 1. The Kier molecular flexibility index (Phi) is 5.41. The van der Waals surface area contributed by atoms with E-state index < -0.39 is 0 Å². The van der Waals surface area contributed by atoms with E-state index in [0.717, 1.165) is 55.5 Å². The van der Waals surface area contributed by atoms with Gasteiger partial charge in [0.05, 0.1) is 12.2 Å². The van der Waals surface area contributed by atoms with Gasteiger partial charge in [-0.05, 0) is 74.3 Å². The molecule has 0 radical (unpaired) electrons. The number of nitriles is 1. The Morgan fingerprint density at radius 2 is 1.91 bits per heavy atom. The third kappa shape index (κ3) is 4.16. The fraction of sp³-hybridized carbons (Fsp3) is 0.550. The lowest BCUT2D eigenvalue weighted by Gasteiger charge is -2.35. The number of aliphatic hydroxyl groups is 1. The summed E-state index contributed by atoms with van der Waals surface area (Å²) in [4.78, 5) is 0. The zero-order chi connectivity index (χ0) is 16.2. The van der Waals surface area contributed by atoms with Gasteiger partial charge >= 0.3 is 0 Å². The van der Waals surface area contributed by atoms with Crippen molar-refractivity contribution in [2.75, 3.05) is 0 Å². The Labute approximate surface area is 143 Å². The molecule has 2 aliphatic rings. The normalized spacial score (nSPS) is 31.3. The van der Waals surface area contributed by atoms with E-state index in [0.29, 0.717) is 17.8 Å². The first-order valence-corrected chi connectivity index (χ1v) is 9.05. The monoisotopic (exact) mass is 329 g/mol. The molecule has 2 atom stereocenters. The fourth-order valence-electron chi connectivity index (χ4n) is 4.25. The van der Waals surface area contributed by atoms with Crippen molar-refractivity contribution in [2.45, 2.75) is 51.0 Å². The van der Waals surface area contributed by atoms with Gasteiger partial charge in [0, 0.05) is 10.6 Å². The molecular weight excluding hydrogens is 306 g/mol. The molecule has 1 saturated carbocycles. The topological polar surface area (TPSA) is 44.0 Å². The molecule has 2 aliphatic carbocycles. The predicted molar refractivity (Wildman–Crippen MR) is 93.0 cm³/mol. The highest BCUT2D eigenvalue weighted by Crippen LogP contribution is 2.40. The van der Waals surface area contributed by atoms with Crippen molar-refractivity contribution in [2.24, 2.45) is 17.8 Å². The molecule has 2 nitrogen and oxygen atoms in total. The molecule has 0 amide bonds. The maximum absolute atomic E-state index is 9.72. The van der Waals surface area contributed by atoms with Crippen LogP contribution in [0.3, 0.4) is 0 Å². The van der Waals surface area contributed by atoms with Gasteiger partial charge in [0.1, 0.15) is 0 Å². The van der Waals surface area contributed by atoms with Crippen LogP contribution in [0.25, 0.3) is 0 Å². The van der Waals surface area contributed by atoms with Crippen LogP contribution in [0.2, 0.25) is 5.02 Å². The summed E-state index contributed by atoms with van der Waals surface area (Å²) in [7, 11) is 0. The Bertz CT molecular complexity index is 610. The first-order chi connectivity index (χ1) is 11.2. The number of nitrogens with zero attached hydrogens (tertiary/aromatic N) is 1. The molecule has 23 heavy (non-hydrogen) atoms. The van der Waals surface area contributed by atoms with Gasteiger partial charge in [0.15, 0.2) is 0 Å². The van der Waals surface area contributed by atoms with E-state index >= 15 is 0 Å². The molecule has 0 aliphatic heterocycles. The van der Waals surface area contributed by atoms with Gasteiger partial charge in [-0.15, -0.1) is 0 Å². The second-order valence-corrected chi connectivity index (χ2v) is 7.54. The van der Waals surface area contributed by atoms with Crippen molar-refractivity contribution in [3.8, 4) is 6.07 Å². The number of benzene rings is 1. The Morgan fingerprint density at radius 1 is 1.17 bits per heavy atom. The smallest absolute Gasteiger partial charge is 0.0943 e. The summed E-state index contributed by atoms with van der Waals surface area (Å²) < 4.78 is 0. The van der Waals surface area contributed by atoms with Crippen LogP contribution >= 0.6 is 11.6 Å². The standard InChI is InChI=1S/C20H24ClNO/c21-20-4-2-1-3-17(20)10-14-9-15(13-22)12-18(11-14)16-5-7-19(23)8-6-16/h1-4,12,14,16,18-19,23H,5-11H2. The van der Waals surface area contributed by atoms with E-state index in [9.17, 15) is 10.4 Å². The molecule has 3 heteroatoms. The number of hydrogen-bond acceptors (Lipinski definition) is 2. The van der Waals surface area contributed by atoms with E-state index in [1.165, 1.54) is 5.56 Å². The van der Waals surface area contributed by atoms with Crippen LogP contribution in [0.4, 0.5) is 0 Å². The maximum atomic E-state index is 9.72. The Balaban J connectivity index is 1.70. The number of allylic oxidation sites excluding steroid dienone is 2. The molecule has 1 aromatic rings. The van der Waals surface area contributed by atoms with Crippen LogP contribution in [0, 0.1) is 29.1 Å². The van der Waals surface area contributed by atoms with Crippen molar-refractivity contribution in [3.05, 3.63) is 46.5 Å². The minimum Gasteiger partial charge on any atom is -0.393 e. The molecule has 3 rings (SSSR count). The molecule has 0 aromatic heterocycles. The summed E-state index contributed by atoms with van der Waals surface area (Å²) in [5.41, 5.74) is 2.13. The summed E-state index contributed by atoms with van der Waals surface area (Å²) in [5.74, 6) is 1.60. The summed E-state index contributed by atoms with van der Waals surface area (Å²) in [6.45, 7) is 0.